The zero-order valence-corrected chi connectivity index (χ0v) is 15.2. The van der Waals surface area contributed by atoms with Gasteiger partial charge < -0.3 is 9.31 Å². The molecule has 2 atom stereocenters. The van der Waals surface area contributed by atoms with Gasteiger partial charge in [-0.15, -0.1) is 0 Å². The fourth-order valence-electron chi connectivity index (χ4n) is 3.43. The number of hydrogen-bond donors (Lipinski definition) is 0. The SMILES string of the molecule is CC1(C)OB([C@H]2C[C@@H]2c2cnc3cnn(CC(F)(F)F)c3c2)OC1(C)C. The van der Waals surface area contributed by atoms with Crippen LogP contribution in [0, 0.1) is 0 Å². The van der Waals surface area contributed by atoms with Crippen molar-refractivity contribution in [2.45, 2.75) is 69.8 Å². The summed E-state index contributed by atoms with van der Waals surface area (Å²) in [6.07, 6.45) is -0.363. The average Bonchev–Trinajstić information content (AvgIpc) is 3.16. The topological polar surface area (TPSA) is 49.2 Å². The van der Waals surface area contributed by atoms with Crippen LogP contribution in [0.2, 0.25) is 5.82 Å². The highest BCUT2D eigenvalue weighted by Gasteiger charge is 2.59. The maximum absolute atomic E-state index is 12.7. The van der Waals surface area contributed by atoms with E-state index < -0.39 is 23.9 Å². The van der Waals surface area contributed by atoms with Crippen molar-refractivity contribution >= 4 is 18.2 Å². The van der Waals surface area contributed by atoms with Crippen LogP contribution >= 0.6 is 0 Å². The molecule has 1 aliphatic carbocycles. The van der Waals surface area contributed by atoms with Crippen LogP contribution in [0.4, 0.5) is 13.2 Å². The lowest BCUT2D eigenvalue weighted by Gasteiger charge is -2.32. The highest BCUT2D eigenvalue weighted by molar-refractivity contribution is 6.49. The van der Waals surface area contributed by atoms with E-state index in [9.17, 15) is 13.2 Å². The van der Waals surface area contributed by atoms with E-state index in [-0.39, 0.29) is 18.9 Å². The molecule has 0 bridgehead atoms. The Balaban J connectivity index is 1.55. The largest absolute Gasteiger partial charge is 0.461 e. The predicted molar refractivity (Wildman–Crippen MR) is 90.8 cm³/mol. The molecule has 9 heteroatoms. The highest BCUT2D eigenvalue weighted by atomic mass is 19.4. The summed E-state index contributed by atoms with van der Waals surface area (Å²) in [6.45, 7) is 6.91. The Morgan fingerprint density at radius 2 is 1.85 bits per heavy atom. The Kier molecular flexibility index (Phi) is 3.73. The Bertz CT molecular complexity index is 833. The van der Waals surface area contributed by atoms with E-state index in [0.717, 1.165) is 16.7 Å². The quantitative estimate of drug-likeness (QED) is 0.771. The second-order valence-corrected chi connectivity index (χ2v) is 8.22. The second kappa shape index (κ2) is 5.45. The fraction of sp³-hybridized carbons (Fsp3) is 0.647. The molecule has 1 aliphatic heterocycles. The van der Waals surface area contributed by atoms with Crippen LogP contribution in [-0.2, 0) is 15.9 Å². The summed E-state index contributed by atoms with van der Waals surface area (Å²) in [5.74, 6) is 0.366. The van der Waals surface area contributed by atoms with Crippen molar-refractivity contribution in [2.75, 3.05) is 0 Å². The number of fused-ring (bicyclic) bond motifs is 1. The summed E-state index contributed by atoms with van der Waals surface area (Å²) in [5.41, 5.74) is 0.989. The van der Waals surface area contributed by atoms with Gasteiger partial charge in [0, 0.05) is 12.0 Å². The molecule has 1 saturated heterocycles. The van der Waals surface area contributed by atoms with Gasteiger partial charge in [-0.1, -0.05) is 0 Å². The lowest BCUT2D eigenvalue weighted by molar-refractivity contribution is -0.141. The number of aromatic nitrogens is 3. The van der Waals surface area contributed by atoms with Crippen LogP contribution in [0.3, 0.4) is 0 Å². The second-order valence-electron chi connectivity index (χ2n) is 8.22. The Hall–Kier alpha value is -1.61. The van der Waals surface area contributed by atoms with Crippen LogP contribution in [0.1, 0.15) is 45.6 Å². The van der Waals surface area contributed by atoms with Crippen LogP contribution in [0.5, 0.6) is 0 Å². The molecule has 140 valence electrons. The summed E-state index contributed by atoms with van der Waals surface area (Å²) in [6, 6.07) is 1.76. The number of pyridine rings is 1. The van der Waals surface area contributed by atoms with E-state index in [1.807, 2.05) is 27.7 Å². The van der Waals surface area contributed by atoms with Crippen LogP contribution in [-0.4, -0.2) is 39.3 Å². The van der Waals surface area contributed by atoms with Crippen molar-refractivity contribution in [3.63, 3.8) is 0 Å². The monoisotopic (exact) mass is 367 g/mol. The summed E-state index contributed by atoms with van der Waals surface area (Å²) in [5, 5.41) is 3.82. The minimum atomic E-state index is -4.32. The van der Waals surface area contributed by atoms with Crippen molar-refractivity contribution in [1.29, 1.82) is 0 Å². The molecule has 26 heavy (non-hydrogen) atoms. The molecule has 0 unspecified atom stereocenters. The van der Waals surface area contributed by atoms with Gasteiger partial charge in [0.1, 0.15) is 12.1 Å². The standard InChI is InChI=1S/C17H21BF3N3O2/c1-15(2)16(3,4)26-18(25-15)12-6-11(12)10-5-14-13(22-7-10)8-23-24(14)9-17(19,20)21/h5,7-8,11-12H,6,9H2,1-4H3/t11-,12+/m1/s1. The minimum absolute atomic E-state index is 0.177. The zero-order chi connectivity index (χ0) is 18.9. The smallest absolute Gasteiger partial charge is 0.403 e. The van der Waals surface area contributed by atoms with Gasteiger partial charge in [0.05, 0.1) is 22.9 Å². The molecule has 2 fully saturated rings. The van der Waals surface area contributed by atoms with E-state index in [1.54, 1.807) is 12.3 Å². The molecule has 3 heterocycles. The highest BCUT2D eigenvalue weighted by Crippen LogP contribution is 2.58. The molecule has 5 nitrogen and oxygen atoms in total. The number of rotatable bonds is 3. The van der Waals surface area contributed by atoms with Crippen molar-refractivity contribution in [3.8, 4) is 0 Å². The lowest BCUT2D eigenvalue weighted by atomic mass is 9.80. The maximum Gasteiger partial charge on any atom is 0.461 e. The number of halogens is 3. The van der Waals surface area contributed by atoms with Gasteiger partial charge in [-0.2, -0.15) is 18.3 Å². The van der Waals surface area contributed by atoms with Crippen LogP contribution in [0.15, 0.2) is 18.5 Å². The van der Waals surface area contributed by atoms with Crippen molar-refractivity contribution in [1.82, 2.24) is 14.8 Å². The van der Waals surface area contributed by atoms with Crippen LogP contribution in [0.25, 0.3) is 11.0 Å². The van der Waals surface area contributed by atoms with Crippen molar-refractivity contribution in [2.24, 2.45) is 0 Å². The molecule has 2 aliphatic rings. The summed E-state index contributed by atoms with van der Waals surface area (Å²) in [4.78, 5) is 4.28. The van der Waals surface area contributed by atoms with Gasteiger partial charge >= 0.3 is 13.3 Å². The zero-order valence-electron chi connectivity index (χ0n) is 15.2. The van der Waals surface area contributed by atoms with E-state index >= 15 is 0 Å². The van der Waals surface area contributed by atoms with E-state index in [0.29, 0.717) is 11.0 Å². The molecule has 2 aromatic heterocycles. The van der Waals surface area contributed by atoms with Gasteiger partial charge in [0.2, 0.25) is 0 Å². The first-order chi connectivity index (χ1) is 12.0. The van der Waals surface area contributed by atoms with Gasteiger partial charge in [-0.3, -0.25) is 9.67 Å². The molecule has 2 aromatic rings. The Morgan fingerprint density at radius 3 is 2.46 bits per heavy atom. The summed E-state index contributed by atoms with van der Waals surface area (Å²) < 4.78 is 51.3. The molecule has 0 N–H and O–H groups in total. The number of nitrogens with zero attached hydrogens (tertiary/aromatic N) is 3. The molecule has 0 amide bonds. The maximum atomic E-state index is 12.7. The molecule has 1 saturated carbocycles. The molecular weight excluding hydrogens is 346 g/mol. The molecule has 0 spiro atoms. The average molecular weight is 367 g/mol. The summed E-state index contributed by atoms with van der Waals surface area (Å²) >= 11 is 0. The third-order valence-corrected chi connectivity index (χ3v) is 5.73. The molecular formula is C17H21BF3N3O2. The van der Waals surface area contributed by atoms with Crippen molar-refractivity contribution in [3.05, 3.63) is 24.0 Å². The van der Waals surface area contributed by atoms with Gasteiger partial charge in [-0.25, -0.2) is 0 Å². The van der Waals surface area contributed by atoms with E-state index in [4.69, 9.17) is 9.31 Å². The molecule has 0 radical (unpaired) electrons. The lowest BCUT2D eigenvalue weighted by Crippen LogP contribution is -2.41. The normalized spacial score (nSPS) is 27.3. The Morgan fingerprint density at radius 1 is 1.19 bits per heavy atom. The minimum Gasteiger partial charge on any atom is -0.403 e. The molecule has 0 aromatic carbocycles. The predicted octanol–water partition coefficient (Wildman–Crippen LogP) is 3.94. The Labute approximate surface area is 150 Å². The van der Waals surface area contributed by atoms with Gasteiger partial charge in [-0.05, 0) is 51.7 Å². The van der Waals surface area contributed by atoms with E-state index in [2.05, 4.69) is 10.1 Å². The third kappa shape index (κ3) is 3.01. The molecule has 4 rings (SSSR count). The third-order valence-electron chi connectivity index (χ3n) is 5.73. The number of hydrogen-bond acceptors (Lipinski definition) is 4. The summed E-state index contributed by atoms with van der Waals surface area (Å²) in [7, 11) is -0.305. The number of alkyl halides is 3. The van der Waals surface area contributed by atoms with Crippen LogP contribution < -0.4 is 0 Å². The first-order valence-corrected chi connectivity index (χ1v) is 8.71. The van der Waals surface area contributed by atoms with Crippen molar-refractivity contribution < 1.29 is 22.5 Å². The fourth-order valence-corrected chi connectivity index (χ4v) is 3.43. The first kappa shape index (κ1) is 17.8. The first-order valence-electron chi connectivity index (χ1n) is 8.71. The van der Waals surface area contributed by atoms with E-state index in [1.165, 1.54) is 6.20 Å². The van der Waals surface area contributed by atoms with Gasteiger partial charge in [0.15, 0.2) is 0 Å². The van der Waals surface area contributed by atoms with Gasteiger partial charge in [0.25, 0.3) is 0 Å².